The van der Waals surface area contributed by atoms with Crippen LogP contribution in [0.25, 0.3) is 5.69 Å². The molecule has 0 unspecified atom stereocenters. The van der Waals surface area contributed by atoms with Crippen molar-refractivity contribution < 1.29 is 4.79 Å². The van der Waals surface area contributed by atoms with E-state index in [1.165, 1.54) is 12.8 Å². The van der Waals surface area contributed by atoms with Gasteiger partial charge in [0.1, 0.15) is 5.69 Å². The lowest BCUT2D eigenvalue weighted by atomic mass is 10.2. The van der Waals surface area contributed by atoms with Crippen LogP contribution in [0.3, 0.4) is 0 Å². The molecule has 0 radical (unpaired) electrons. The van der Waals surface area contributed by atoms with Crippen molar-refractivity contribution in [3.63, 3.8) is 0 Å². The molecule has 1 aromatic carbocycles. The zero-order valence-corrected chi connectivity index (χ0v) is 14.2. The van der Waals surface area contributed by atoms with Crippen molar-refractivity contribution in [2.45, 2.75) is 38.6 Å². The highest BCUT2D eigenvalue weighted by Crippen LogP contribution is 2.17. The Morgan fingerprint density at radius 3 is 2.54 bits per heavy atom. The van der Waals surface area contributed by atoms with E-state index in [0.717, 1.165) is 24.2 Å². The molecule has 1 aliphatic rings. The number of rotatable bonds is 5. The molecule has 1 amide bonds. The highest BCUT2D eigenvalue weighted by molar-refractivity contribution is 5.92. The second-order valence-electron chi connectivity index (χ2n) is 6.35. The zero-order chi connectivity index (χ0) is 17.1. The van der Waals surface area contributed by atoms with Crippen LogP contribution in [0, 0.1) is 6.92 Å². The molecule has 3 rings (SSSR count). The molecule has 0 bridgehead atoms. The highest BCUT2D eigenvalue weighted by Gasteiger charge is 2.19. The molecule has 1 heterocycles. The normalized spacial score (nSPS) is 14.9. The Morgan fingerprint density at radius 2 is 1.88 bits per heavy atom. The lowest BCUT2D eigenvalue weighted by molar-refractivity contribution is -0.115. The summed E-state index contributed by atoms with van der Waals surface area (Å²) < 4.78 is 3.33. The van der Waals surface area contributed by atoms with Crippen molar-refractivity contribution in [3.8, 4) is 5.69 Å². The van der Waals surface area contributed by atoms with Crippen molar-refractivity contribution in [2.24, 2.45) is 7.05 Å². The van der Waals surface area contributed by atoms with Gasteiger partial charge in [-0.2, -0.15) is 0 Å². The van der Waals surface area contributed by atoms with Crippen molar-refractivity contribution in [3.05, 3.63) is 46.4 Å². The van der Waals surface area contributed by atoms with Crippen molar-refractivity contribution >= 4 is 11.6 Å². The van der Waals surface area contributed by atoms with Crippen LogP contribution < -0.4 is 16.2 Å². The molecule has 0 spiro atoms. The van der Waals surface area contributed by atoms with Gasteiger partial charge in [-0.25, -0.2) is 4.68 Å². The molecule has 2 aromatic rings. The summed E-state index contributed by atoms with van der Waals surface area (Å²) in [5.74, 6) is -0.173. The molecule has 0 saturated heterocycles. The maximum absolute atomic E-state index is 12.7. The second kappa shape index (κ2) is 7.05. The van der Waals surface area contributed by atoms with E-state index in [1.54, 1.807) is 9.36 Å². The van der Waals surface area contributed by atoms with Crippen LogP contribution in [0.5, 0.6) is 0 Å². The first-order chi connectivity index (χ1) is 11.6. The predicted molar refractivity (Wildman–Crippen MR) is 94.6 cm³/mol. The summed E-state index contributed by atoms with van der Waals surface area (Å²) in [6.07, 6.45) is 4.69. The molecule has 2 N–H and O–H groups in total. The Hall–Kier alpha value is -2.34. The Bertz CT molecular complexity index is 770. The van der Waals surface area contributed by atoms with Gasteiger partial charge >= 0.3 is 0 Å². The molecule has 6 nitrogen and oxygen atoms in total. The van der Waals surface area contributed by atoms with Gasteiger partial charge in [-0.15, -0.1) is 0 Å². The fraction of sp³-hybridized carbons (Fsp3) is 0.444. The topological polar surface area (TPSA) is 68.1 Å². The summed E-state index contributed by atoms with van der Waals surface area (Å²) in [5, 5.41) is 6.04. The molecule has 24 heavy (non-hydrogen) atoms. The maximum Gasteiger partial charge on any atom is 0.295 e. The summed E-state index contributed by atoms with van der Waals surface area (Å²) >= 11 is 0. The summed E-state index contributed by atoms with van der Waals surface area (Å²) in [6.45, 7) is 2.07. The number of amides is 1. The molecule has 1 aliphatic carbocycles. The average molecular weight is 328 g/mol. The molecular formula is C18H24N4O2. The number of nitrogens with zero attached hydrogens (tertiary/aromatic N) is 2. The number of hydrogen-bond acceptors (Lipinski definition) is 3. The summed E-state index contributed by atoms with van der Waals surface area (Å²) in [6, 6.07) is 9.83. The standard InChI is InChI=1S/C18H24N4O2/c1-13-17(20-16(23)12-19-14-8-6-7-9-14)18(24)22(21(13)2)15-10-4-3-5-11-15/h3-5,10-11,14,19H,6-9,12H2,1-2H3,(H,20,23). The van der Waals surface area contributed by atoms with Crippen LogP contribution in [0.15, 0.2) is 35.1 Å². The lowest BCUT2D eigenvalue weighted by Crippen LogP contribution is -2.35. The molecule has 0 aliphatic heterocycles. The van der Waals surface area contributed by atoms with Crippen molar-refractivity contribution in [1.29, 1.82) is 0 Å². The van der Waals surface area contributed by atoms with E-state index in [2.05, 4.69) is 10.6 Å². The zero-order valence-electron chi connectivity index (χ0n) is 14.2. The van der Waals surface area contributed by atoms with Crippen LogP contribution in [-0.2, 0) is 11.8 Å². The Kier molecular flexibility index (Phi) is 4.85. The van der Waals surface area contributed by atoms with Gasteiger partial charge in [0.05, 0.1) is 17.9 Å². The Morgan fingerprint density at radius 1 is 1.21 bits per heavy atom. The van der Waals surface area contributed by atoms with Crippen molar-refractivity contribution in [2.75, 3.05) is 11.9 Å². The van der Waals surface area contributed by atoms with Gasteiger partial charge in [-0.05, 0) is 31.9 Å². The minimum absolute atomic E-state index is 0.173. The minimum Gasteiger partial charge on any atom is -0.319 e. The Balaban J connectivity index is 1.76. The maximum atomic E-state index is 12.7. The fourth-order valence-corrected chi connectivity index (χ4v) is 3.26. The summed E-state index contributed by atoms with van der Waals surface area (Å²) in [7, 11) is 1.82. The number of carbonyl (C=O) groups is 1. The smallest absolute Gasteiger partial charge is 0.295 e. The third kappa shape index (κ3) is 3.28. The number of hydrogen-bond donors (Lipinski definition) is 2. The largest absolute Gasteiger partial charge is 0.319 e. The molecule has 1 fully saturated rings. The van der Waals surface area contributed by atoms with Crippen LogP contribution in [0.1, 0.15) is 31.4 Å². The van der Waals surface area contributed by atoms with Gasteiger partial charge in [-0.1, -0.05) is 31.0 Å². The second-order valence-corrected chi connectivity index (χ2v) is 6.35. The highest BCUT2D eigenvalue weighted by atomic mass is 16.2. The number of benzene rings is 1. The molecule has 0 atom stereocenters. The lowest BCUT2D eigenvalue weighted by Gasteiger charge is -2.11. The van der Waals surface area contributed by atoms with Gasteiger partial charge in [-0.3, -0.25) is 14.3 Å². The number of nitrogens with one attached hydrogen (secondary N) is 2. The van der Waals surface area contributed by atoms with E-state index < -0.39 is 0 Å². The third-order valence-electron chi connectivity index (χ3n) is 4.73. The van der Waals surface area contributed by atoms with Gasteiger partial charge < -0.3 is 10.6 Å². The third-order valence-corrected chi connectivity index (χ3v) is 4.73. The van der Waals surface area contributed by atoms with Crippen LogP contribution >= 0.6 is 0 Å². The van der Waals surface area contributed by atoms with Gasteiger partial charge in [0.15, 0.2) is 0 Å². The van der Waals surface area contributed by atoms with Crippen molar-refractivity contribution in [1.82, 2.24) is 14.7 Å². The monoisotopic (exact) mass is 328 g/mol. The number of anilines is 1. The van der Waals surface area contributed by atoms with Gasteiger partial charge in [0.2, 0.25) is 5.91 Å². The van der Waals surface area contributed by atoms with E-state index in [1.807, 2.05) is 44.3 Å². The predicted octanol–water partition coefficient (Wildman–Crippen LogP) is 1.96. The SMILES string of the molecule is Cc1c(NC(=O)CNC2CCCC2)c(=O)n(-c2ccccc2)n1C. The molecule has 6 heteroatoms. The fourth-order valence-electron chi connectivity index (χ4n) is 3.26. The van der Waals surface area contributed by atoms with Crippen LogP contribution in [-0.4, -0.2) is 27.9 Å². The molecular weight excluding hydrogens is 304 g/mol. The number of para-hydroxylation sites is 1. The first-order valence-electron chi connectivity index (χ1n) is 8.45. The Labute approximate surface area is 141 Å². The molecule has 128 valence electrons. The van der Waals surface area contributed by atoms with E-state index in [0.29, 0.717) is 11.7 Å². The first kappa shape index (κ1) is 16.5. The summed E-state index contributed by atoms with van der Waals surface area (Å²) in [4.78, 5) is 24.9. The van der Waals surface area contributed by atoms with E-state index >= 15 is 0 Å². The number of carbonyl (C=O) groups excluding carboxylic acids is 1. The van der Waals surface area contributed by atoms with E-state index in [-0.39, 0.29) is 18.0 Å². The van der Waals surface area contributed by atoms with Crippen LogP contribution in [0.4, 0.5) is 5.69 Å². The summed E-state index contributed by atoms with van der Waals surface area (Å²) in [5.41, 5.74) is 1.64. The van der Waals surface area contributed by atoms with Crippen LogP contribution in [0.2, 0.25) is 0 Å². The number of aromatic nitrogens is 2. The van der Waals surface area contributed by atoms with E-state index in [9.17, 15) is 9.59 Å². The van der Waals surface area contributed by atoms with Gasteiger partial charge in [0.25, 0.3) is 5.56 Å². The first-order valence-corrected chi connectivity index (χ1v) is 8.45. The molecule has 1 aromatic heterocycles. The van der Waals surface area contributed by atoms with E-state index in [4.69, 9.17) is 0 Å². The quantitative estimate of drug-likeness (QED) is 0.881. The molecule has 1 saturated carbocycles. The minimum atomic E-state index is -0.213. The average Bonchev–Trinajstić information content (AvgIpc) is 3.17. The van der Waals surface area contributed by atoms with Gasteiger partial charge in [0, 0.05) is 13.1 Å².